The highest BCUT2D eigenvalue weighted by Crippen LogP contribution is 2.37. The number of nitrogens with zero attached hydrogens (tertiary/aromatic N) is 1. The molecule has 0 aliphatic rings. The SMILES string of the molecule is CCOc1cc(/C=N\NC(=O)c2ccccc2Br)cc(Cl)c1OCc1ccc(Cl)c(Cl)c1. The van der Waals surface area contributed by atoms with Gasteiger partial charge in [-0.15, -0.1) is 0 Å². The van der Waals surface area contributed by atoms with Gasteiger partial charge in [-0.05, 0) is 70.4 Å². The summed E-state index contributed by atoms with van der Waals surface area (Å²) in [5.41, 5.74) is 4.43. The lowest BCUT2D eigenvalue weighted by atomic mass is 10.2. The first-order chi connectivity index (χ1) is 15.4. The first-order valence-electron chi connectivity index (χ1n) is 9.50. The maximum absolute atomic E-state index is 12.3. The fourth-order valence-electron chi connectivity index (χ4n) is 2.72. The van der Waals surface area contributed by atoms with Gasteiger partial charge >= 0.3 is 0 Å². The Morgan fingerprint density at radius 2 is 1.81 bits per heavy atom. The lowest BCUT2D eigenvalue weighted by Crippen LogP contribution is -2.18. The smallest absolute Gasteiger partial charge is 0.272 e. The summed E-state index contributed by atoms with van der Waals surface area (Å²) in [4.78, 5) is 12.3. The maximum Gasteiger partial charge on any atom is 0.272 e. The van der Waals surface area contributed by atoms with E-state index in [4.69, 9.17) is 44.3 Å². The quantitative estimate of drug-likeness (QED) is 0.237. The van der Waals surface area contributed by atoms with Crippen LogP contribution in [0, 0.1) is 0 Å². The van der Waals surface area contributed by atoms with Gasteiger partial charge in [-0.1, -0.05) is 53.0 Å². The van der Waals surface area contributed by atoms with Gasteiger partial charge < -0.3 is 9.47 Å². The van der Waals surface area contributed by atoms with Crippen molar-refractivity contribution in [2.75, 3.05) is 6.61 Å². The molecule has 0 saturated heterocycles. The number of amides is 1. The molecule has 9 heteroatoms. The molecule has 0 radical (unpaired) electrons. The van der Waals surface area contributed by atoms with Crippen molar-refractivity contribution in [1.82, 2.24) is 5.43 Å². The number of hydrazone groups is 1. The zero-order valence-corrected chi connectivity index (χ0v) is 20.7. The van der Waals surface area contributed by atoms with Crippen molar-refractivity contribution >= 4 is 62.9 Å². The average molecular weight is 557 g/mol. The molecular formula is C23H18BrCl3N2O3. The Balaban J connectivity index is 1.74. The lowest BCUT2D eigenvalue weighted by molar-refractivity contribution is 0.0954. The fourth-order valence-corrected chi connectivity index (χ4v) is 3.78. The number of benzene rings is 3. The Morgan fingerprint density at radius 3 is 2.53 bits per heavy atom. The van der Waals surface area contributed by atoms with Gasteiger partial charge in [0.25, 0.3) is 5.91 Å². The Kier molecular flexibility index (Phi) is 8.82. The van der Waals surface area contributed by atoms with Gasteiger partial charge in [0.1, 0.15) is 6.61 Å². The van der Waals surface area contributed by atoms with E-state index >= 15 is 0 Å². The van der Waals surface area contributed by atoms with Crippen LogP contribution >= 0.6 is 50.7 Å². The summed E-state index contributed by atoms with van der Waals surface area (Å²) in [7, 11) is 0. The Morgan fingerprint density at radius 1 is 1.03 bits per heavy atom. The van der Waals surface area contributed by atoms with E-state index in [0.29, 0.717) is 48.8 Å². The van der Waals surface area contributed by atoms with Crippen molar-refractivity contribution < 1.29 is 14.3 Å². The maximum atomic E-state index is 12.3. The molecule has 3 aromatic rings. The molecule has 3 rings (SSSR count). The molecule has 0 heterocycles. The number of rotatable bonds is 8. The highest BCUT2D eigenvalue weighted by molar-refractivity contribution is 9.10. The van der Waals surface area contributed by atoms with Crippen LogP contribution in [0.3, 0.4) is 0 Å². The minimum Gasteiger partial charge on any atom is -0.490 e. The van der Waals surface area contributed by atoms with Crippen LogP contribution in [0.15, 0.2) is 64.2 Å². The van der Waals surface area contributed by atoms with E-state index in [1.165, 1.54) is 6.21 Å². The molecule has 1 N–H and O–H groups in total. The molecule has 0 unspecified atom stereocenters. The summed E-state index contributed by atoms with van der Waals surface area (Å²) in [6.07, 6.45) is 1.48. The molecule has 0 aliphatic heterocycles. The summed E-state index contributed by atoms with van der Waals surface area (Å²) in [5, 5.41) is 5.27. The second-order valence-electron chi connectivity index (χ2n) is 6.48. The van der Waals surface area contributed by atoms with E-state index in [1.807, 2.05) is 19.1 Å². The second-order valence-corrected chi connectivity index (χ2v) is 8.56. The summed E-state index contributed by atoms with van der Waals surface area (Å²) < 4.78 is 12.3. The normalized spacial score (nSPS) is 10.9. The van der Waals surface area contributed by atoms with Gasteiger partial charge in [0.05, 0.1) is 33.5 Å². The zero-order valence-electron chi connectivity index (χ0n) is 16.9. The van der Waals surface area contributed by atoms with E-state index < -0.39 is 0 Å². The highest BCUT2D eigenvalue weighted by atomic mass is 79.9. The molecule has 0 fully saturated rings. The number of carbonyl (C=O) groups excluding carboxylic acids is 1. The zero-order chi connectivity index (χ0) is 23.1. The molecule has 0 aromatic heterocycles. The molecule has 166 valence electrons. The number of hydrogen-bond donors (Lipinski definition) is 1. The molecule has 32 heavy (non-hydrogen) atoms. The third-order valence-corrected chi connectivity index (χ3v) is 5.91. The number of hydrogen-bond acceptors (Lipinski definition) is 4. The van der Waals surface area contributed by atoms with Gasteiger partial charge in [0, 0.05) is 4.47 Å². The van der Waals surface area contributed by atoms with Gasteiger partial charge in [0.15, 0.2) is 11.5 Å². The molecule has 0 saturated carbocycles. The molecule has 0 spiro atoms. The Labute approximate surface area is 209 Å². The summed E-state index contributed by atoms with van der Waals surface area (Å²) >= 11 is 21.8. The summed E-state index contributed by atoms with van der Waals surface area (Å²) in [6, 6.07) is 15.7. The van der Waals surface area contributed by atoms with Crippen molar-refractivity contribution in [3.05, 3.63) is 90.8 Å². The minimum absolute atomic E-state index is 0.228. The van der Waals surface area contributed by atoms with E-state index in [-0.39, 0.29) is 12.5 Å². The number of halogens is 4. The lowest BCUT2D eigenvalue weighted by Gasteiger charge is -2.14. The van der Waals surface area contributed by atoms with Gasteiger partial charge in [-0.2, -0.15) is 5.10 Å². The van der Waals surface area contributed by atoms with Crippen LogP contribution in [-0.2, 0) is 6.61 Å². The first kappa shape index (κ1) is 24.4. The number of nitrogens with one attached hydrogen (secondary N) is 1. The van der Waals surface area contributed by atoms with Crippen molar-refractivity contribution in [2.45, 2.75) is 13.5 Å². The van der Waals surface area contributed by atoms with Crippen molar-refractivity contribution in [2.24, 2.45) is 5.10 Å². The molecule has 1 amide bonds. The first-order valence-corrected chi connectivity index (χ1v) is 11.4. The van der Waals surface area contributed by atoms with E-state index in [0.717, 1.165) is 5.56 Å². The molecular weight excluding hydrogens is 539 g/mol. The van der Waals surface area contributed by atoms with E-state index in [2.05, 4.69) is 26.5 Å². The van der Waals surface area contributed by atoms with Crippen LogP contribution in [0.5, 0.6) is 11.5 Å². The second kappa shape index (κ2) is 11.6. The highest BCUT2D eigenvalue weighted by Gasteiger charge is 2.13. The van der Waals surface area contributed by atoms with Crippen LogP contribution in [0.2, 0.25) is 15.1 Å². The molecule has 0 bridgehead atoms. The summed E-state index contributed by atoms with van der Waals surface area (Å²) in [5.74, 6) is 0.513. The molecule has 0 atom stereocenters. The van der Waals surface area contributed by atoms with Crippen LogP contribution in [0.1, 0.15) is 28.4 Å². The van der Waals surface area contributed by atoms with E-state index in [1.54, 1.807) is 42.5 Å². The Bertz CT molecular complexity index is 1160. The van der Waals surface area contributed by atoms with Crippen LogP contribution in [-0.4, -0.2) is 18.7 Å². The molecule has 3 aromatic carbocycles. The van der Waals surface area contributed by atoms with Gasteiger partial charge in [-0.25, -0.2) is 5.43 Å². The third kappa shape index (κ3) is 6.39. The van der Waals surface area contributed by atoms with E-state index in [9.17, 15) is 4.79 Å². The predicted octanol–water partition coefficient (Wildman–Crippen LogP) is 7.15. The minimum atomic E-state index is -0.341. The standard InChI is InChI=1S/C23H18BrCl3N2O3/c1-2-31-21-11-15(12-28-29-23(30)16-5-3-4-6-17(16)24)10-20(27)22(21)32-13-14-7-8-18(25)19(26)9-14/h3-12H,2,13H2,1H3,(H,29,30)/b28-12-. The van der Waals surface area contributed by atoms with Crippen molar-refractivity contribution in [1.29, 1.82) is 0 Å². The summed E-state index contributed by atoms with van der Waals surface area (Å²) in [6.45, 7) is 2.50. The fraction of sp³-hybridized carbons (Fsp3) is 0.130. The van der Waals surface area contributed by atoms with Crippen LogP contribution in [0.4, 0.5) is 0 Å². The third-order valence-electron chi connectivity index (χ3n) is 4.20. The van der Waals surface area contributed by atoms with Gasteiger partial charge in [-0.3, -0.25) is 4.79 Å². The van der Waals surface area contributed by atoms with Crippen LogP contribution in [0.25, 0.3) is 0 Å². The monoisotopic (exact) mass is 554 g/mol. The van der Waals surface area contributed by atoms with Crippen molar-refractivity contribution in [3.63, 3.8) is 0 Å². The average Bonchev–Trinajstić information content (AvgIpc) is 2.76. The van der Waals surface area contributed by atoms with Gasteiger partial charge in [0.2, 0.25) is 0 Å². The van der Waals surface area contributed by atoms with Crippen molar-refractivity contribution in [3.8, 4) is 11.5 Å². The molecule has 5 nitrogen and oxygen atoms in total. The number of carbonyl (C=O) groups is 1. The van der Waals surface area contributed by atoms with Crippen LogP contribution < -0.4 is 14.9 Å². The Hall–Kier alpha value is -2.25. The molecule has 0 aliphatic carbocycles. The number of ether oxygens (including phenoxy) is 2. The topological polar surface area (TPSA) is 59.9 Å². The largest absolute Gasteiger partial charge is 0.490 e. The predicted molar refractivity (Wildman–Crippen MR) is 133 cm³/mol.